The summed E-state index contributed by atoms with van der Waals surface area (Å²) in [6.07, 6.45) is 8.71. The molecule has 1 rings (SSSR count). The van der Waals surface area contributed by atoms with Crippen molar-refractivity contribution in [2.75, 3.05) is 0 Å². The van der Waals surface area contributed by atoms with E-state index in [0.29, 0.717) is 0 Å². The van der Waals surface area contributed by atoms with E-state index in [2.05, 4.69) is 11.9 Å². The maximum absolute atomic E-state index is 11.5. The highest BCUT2D eigenvalue weighted by molar-refractivity contribution is 4.84. The summed E-state index contributed by atoms with van der Waals surface area (Å²) >= 11 is 0. The van der Waals surface area contributed by atoms with Crippen molar-refractivity contribution >= 4 is 0 Å². The number of hydrogen-bond acceptors (Lipinski definition) is 2. The molecule has 4 nitrogen and oxygen atoms in total. The van der Waals surface area contributed by atoms with Gasteiger partial charge in [0.25, 0.3) is 5.56 Å². The number of hydrogen-bond donors (Lipinski definition) is 1. The van der Waals surface area contributed by atoms with Gasteiger partial charge in [0.05, 0.1) is 0 Å². The van der Waals surface area contributed by atoms with Crippen LogP contribution in [0.1, 0.15) is 58.4 Å². The van der Waals surface area contributed by atoms with Crippen molar-refractivity contribution in [2.24, 2.45) is 0 Å². The lowest BCUT2D eigenvalue weighted by Gasteiger charge is -2.13. The number of aromatic nitrogens is 2. The third-order valence-corrected chi connectivity index (χ3v) is 3.05. The van der Waals surface area contributed by atoms with Crippen molar-refractivity contribution in [3.63, 3.8) is 0 Å². The summed E-state index contributed by atoms with van der Waals surface area (Å²) in [6, 6.07) is 1.55. The normalized spacial score (nSPS) is 12.6. The second-order valence-electron chi connectivity index (χ2n) is 4.57. The molecule has 0 aliphatic heterocycles. The fourth-order valence-corrected chi connectivity index (χ4v) is 1.96. The summed E-state index contributed by atoms with van der Waals surface area (Å²) in [6.45, 7) is 4.21. The Balaban J connectivity index is 2.44. The van der Waals surface area contributed by atoms with Gasteiger partial charge >= 0.3 is 5.69 Å². The molecule has 96 valence electrons. The van der Waals surface area contributed by atoms with Crippen LogP contribution in [0.5, 0.6) is 0 Å². The zero-order valence-electron chi connectivity index (χ0n) is 10.7. The van der Waals surface area contributed by atoms with E-state index in [0.717, 1.165) is 12.8 Å². The summed E-state index contributed by atoms with van der Waals surface area (Å²) in [7, 11) is 0. The highest BCUT2D eigenvalue weighted by Gasteiger charge is 2.06. The predicted molar refractivity (Wildman–Crippen MR) is 69.4 cm³/mol. The number of nitrogens with zero attached hydrogens (tertiary/aromatic N) is 1. The second kappa shape index (κ2) is 7.09. The van der Waals surface area contributed by atoms with Crippen LogP contribution in [0.2, 0.25) is 0 Å². The Kier molecular flexibility index (Phi) is 5.73. The molecule has 0 bridgehead atoms. The van der Waals surface area contributed by atoms with Gasteiger partial charge in [-0.1, -0.05) is 39.0 Å². The second-order valence-corrected chi connectivity index (χ2v) is 4.57. The molecule has 0 spiro atoms. The average molecular weight is 238 g/mol. The molecule has 0 saturated heterocycles. The summed E-state index contributed by atoms with van der Waals surface area (Å²) in [5.41, 5.74) is -0.639. The Hall–Kier alpha value is -1.32. The zero-order chi connectivity index (χ0) is 12.7. The van der Waals surface area contributed by atoms with E-state index in [1.807, 2.05) is 6.92 Å². The number of rotatable bonds is 7. The van der Waals surface area contributed by atoms with Crippen LogP contribution in [0.15, 0.2) is 21.9 Å². The van der Waals surface area contributed by atoms with Crippen molar-refractivity contribution in [3.8, 4) is 0 Å². The van der Waals surface area contributed by atoms with E-state index in [9.17, 15) is 9.59 Å². The van der Waals surface area contributed by atoms with Crippen LogP contribution in [0, 0.1) is 0 Å². The smallest absolute Gasteiger partial charge is 0.298 e. The molecule has 1 unspecified atom stereocenters. The SMILES string of the molecule is CCCCCCCC(C)n1ccc(=O)[nH]c1=O. The molecule has 0 radical (unpaired) electrons. The largest absolute Gasteiger partial charge is 0.328 e. The van der Waals surface area contributed by atoms with Gasteiger partial charge in [-0.05, 0) is 13.3 Å². The lowest BCUT2D eigenvalue weighted by Crippen LogP contribution is -2.30. The van der Waals surface area contributed by atoms with Gasteiger partial charge in [-0.25, -0.2) is 4.79 Å². The van der Waals surface area contributed by atoms with Crippen molar-refractivity contribution in [2.45, 2.75) is 58.4 Å². The third-order valence-electron chi connectivity index (χ3n) is 3.05. The molecule has 0 aromatic carbocycles. The Morgan fingerprint density at radius 1 is 1.24 bits per heavy atom. The van der Waals surface area contributed by atoms with Crippen LogP contribution in [0.25, 0.3) is 0 Å². The van der Waals surface area contributed by atoms with Crippen LogP contribution in [-0.2, 0) is 0 Å². The van der Waals surface area contributed by atoms with E-state index in [-0.39, 0.29) is 17.3 Å². The minimum absolute atomic E-state index is 0.154. The van der Waals surface area contributed by atoms with Gasteiger partial charge in [0.1, 0.15) is 0 Å². The van der Waals surface area contributed by atoms with Crippen LogP contribution < -0.4 is 11.2 Å². The molecule has 1 aromatic rings. The molecule has 0 aliphatic carbocycles. The van der Waals surface area contributed by atoms with E-state index >= 15 is 0 Å². The average Bonchev–Trinajstić information content (AvgIpc) is 2.28. The lowest BCUT2D eigenvalue weighted by molar-refractivity contribution is 0.452. The van der Waals surface area contributed by atoms with Gasteiger partial charge in [-0.3, -0.25) is 14.3 Å². The van der Waals surface area contributed by atoms with Crippen molar-refractivity contribution in [1.29, 1.82) is 0 Å². The van der Waals surface area contributed by atoms with Crippen molar-refractivity contribution in [3.05, 3.63) is 33.1 Å². The summed E-state index contributed by atoms with van der Waals surface area (Å²) in [5, 5.41) is 0. The molecule has 1 atom stereocenters. The van der Waals surface area contributed by atoms with Crippen molar-refractivity contribution in [1.82, 2.24) is 9.55 Å². The highest BCUT2D eigenvalue weighted by atomic mass is 16.2. The molecule has 0 fully saturated rings. The molecule has 17 heavy (non-hydrogen) atoms. The van der Waals surface area contributed by atoms with Crippen LogP contribution in [0.3, 0.4) is 0 Å². The molecular formula is C13H22N2O2. The maximum Gasteiger partial charge on any atom is 0.328 e. The molecule has 1 N–H and O–H groups in total. The number of H-pyrrole nitrogens is 1. The first-order chi connectivity index (χ1) is 8.15. The minimum atomic E-state index is -0.332. The van der Waals surface area contributed by atoms with Gasteiger partial charge in [0.2, 0.25) is 0 Å². The Labute approximate surface area is 102 Å². The summed E-state index contributed by atoms with van der Waals surface area (Å²) < 4.78 is 1.60. The van der Waals surface area contributed by atoms with Gasteiger partial charge in [-0.2, -0.15) is 0 Å². The number of nitrogens with one attached hydrogen (secondary N) is 1. The minimum Gasteiger partial charge on any atom is -0.298 e. The van der Waals surface area contributed by atoms with Gasteiger partial charge in [0, 0.05) is 18.3 Å². The molecule has 0 amide bonds. The van der Waals surface area contributed by atoms with E-state index < -0.39 is 0 Å². The van der Waals surface area contributed by atoms with Crippen LogP contribution in [0.4, 0.5) is 0 Å². The topological polar surface area (TPSA) is 54.9 Å². The maximum atomic E-state index is 11.5. The molecule has 0 saturated carbocycles. The zero-order valence-corrected chi connectivity index (χ0v) is 10.7. The fraction of sp³-hybridized carbons (Fsp3) is 0.692. The fourth-order valence-electron chi connectivity index (χ4n) is 1.96. The lowest BCUT2D eigenvalue weighted by atomic mass is 10.1. The Morgan fingerprint density at radius 3 is 2.59 bits per heavy atom. The van der Waals surface area contributed by atoms with Gasteiger partial charge in [0.15, 0.2) is 0 Å². The van der Waals surface area contributed by atoms with Gasteiger partial charge < -0.3 is 0 Å². The highest BCUT2D eigenvalue weighted by Crippen LogP contribution is 2.13. The van der Waals surface area contributed by atoms with Gasteiger partial charge in [-0.15, -0.1) is 0 Å². The van der Waals surface area contributed by atoms with Crippen LogP contribution >= 0.6 is 0 Å². The van der Waals surface area contributed by atoms with E-state index in [1.165, 1.54) is 31.7 Å². The Morgan fingerprint density at radius 2 is 1.94 bits per heavy atom. The quantitative estimate of drug-likeness (QED) is 0.742. The first kappa shape index (κ1) is 13.7. The van der Waals surface area contributed by atoms with E-state index in [1.54, 1.807) is 10.8 Å². The van der Waals surface area contributed by atoms with E-state index in [4.69, 9.17) is 0 Å². The molecule has 1 heterocycles. The molecule has 0 aliphatic rings. The van der Waals surface area contributed by atoms with Crippen LogP contribution in [-0.4, -0.2) is 9.55 Å². The first-order valence-electron chi connectivity index (χ1n) is 6.46. The summed E-state index contributed by atoms with van der Waals surface area (Å²) in [4.78, 5) is 24.7. The molecule has 1 aromatic heterocycles. The summed E-state index contributed by atoms with van der Waals surface area (Å²) in [5.74, 6) is 0. The predicted octanol–water partition coefficient (Wildman–Crippen LogP) is 2.46. The standard InChI is InChI=1S/C13H22N2O2/c1-3-4-5-6-7-8-11(2)15-10-9-12(16)14-13(15)17/h9-11H,3-8H2,1-2H3,(H,14,16,17). The monoisotopic (exact) mass is 238 g/mol. The van der Waals surface area contributed by atoms with Crippen molar-refractivity contribution < 1.29 is 0 Å². The number of aromatic amines is 1. The Bertz CT molecular complexity index is 434. The molecular weight excluding hydrogens is 216 g/mol. The first-order valence-corrected chi connectivity index (χ1v) is 6.46. The third kappa shape index (κ3) is 4.59. The molecule has 4 heteroatoms. The number of unbranched alkanes of at least 4 members (excludes halogenated alkanes) is 4.